The van der Waals surface area contributed by atoms with Gasteiger partial charge in [-0.2, -0.15) is 10.1 Å². The summed E-state index contributed by atoms with van der Waals surface area (Å²) in [6.07, 6.45) is 2.41. The van der Waals surface area contributed by atoms with Gasteiger partial charge in [-0.1, -0.05) is 13.8 Å². The first-order chi connectivity index (χ1) is 17.0. The highest BCUT2D eigenvalue weighted by atomic mass is 16.5. The van der Waals surface area contributed by atoms with Gasteiger partial charge in [-0.25, -0.2) is 4.98 Å². The number of rotatable bonds is 13. The van der Waals surface area contributed by atoms with Gasteiger partial charge in [0.15, 0.2) is 6.61 Å². The Hall–Kier alpha value is -3.66. The van der Waals surface area contributed by atoms with E-state index in [-0.39, 0.29) is 12.5 Å². The molecule has 0 bridgehead atoms. The van der Waals surface area contributed by atoms with Crippen LogP contribution in [0.1, 0.15) is 44.0 Å². The second-order valence-electron chi connectivity index (χ2n) is 8.64. The van der Waals surface area contributed by atoms with Crippen LogP contribution in [-0.2, 0) is 4.79 Å². The fraction of sp³-hybridized carbons (Fsp3) is 0.440. The molecule has 35 heavy (non-hydrogen) atoms. The molecule has 1 aliphatic rings. The first-order valence-corrected chi connectivity index (χ1v) is 12.2. The van der Waals surface area contributed by atoms with Gasteiger partial charge in [0.2, 0.25) is 5.95 Å². The molecule has 4 N–H and O–H groups in total. The Morgan fingerprint density at radius 2 is 1.89 bits per heavy atom. The standard InChI is InChI=1S/C25H34N8O2/c1-4-33(5-2)13-12-26-24(34)16-35-20-10-8-19(9-11-20)28-25-27-17(3)14-22(30-25)29-23-15-21(31-32-23)18-6-7-18/h8-11,14-15,18H,4-7,12-13,16H2,1-3H3,(H,26,34)(H3,27,28,29,30,31,32). The highest BCUT2D eigenvalue weighted by molar-refractivity contribution is 5.77. The van der Waals surface area contributed by atoms with Gasteiger partial charge in [0.25, 0.3) is 5.91 Å². The minimum absolute atomic E-state index is 0.0168. The van der Waals surface area contributed by atoms with Gasteiger partial charge in [0.1, 0.15) is 17.4 Å². The van der Waals surface area contributed by atoms with Gasteiger partial charge in [-0.05, 0) is 57.1 Å². The number of hydrogen-bond acceptors (Lipinski definition) is 8. The lowest BCUT2D eigenvalue weighted by Crippen LogP contribution is -2.36. The molecule has 2 heterocycles. The molecule has 2 aromatic heterocycles. The molecule has 3 aromatic rings. The van der Waals surface area contributed by atoms with Crippen LogP contribution < -0.4 is 20.7 Å². The number of aromatic amines is 1. The first-order valence-electron chi connectivity index (χ1n) is 12.2. The summed E-state index contributed by atoms with van der Waals surface area (Å²) in [7, 11) is 0. The van der Waals surface area contributed by atoms with Gasteiger partial charge in [0.05, 0.1) is 5.69 Å². The largest absolute Gasteiger partial charge is 0.484 e. The molecule has 0 atom stereocenters. The van der Waals surface area contributed by atoms with Crippen LogP contribution in [0.25, 0.3) is 0 Å². The Morgan fingerprint density at radius 1 is 1.11 bits per heavy atom. The second kappa shape index (κ2) is 11.7. The Kier molecular flexibility index (Phi) is 8.15. The average Bonchev–Trinajstić information content (AvgIpc) is 3.60. The molecule has 0 saturated heterocycles. The predicted molar refractivity (Wildman–Crippen MR) is 137 cm³/mol. The van der Waals surface area contributed by atoms with Crippen molar-refractivity contribution in [2.45, 2.75) is 39.5 Å². The molecule has 1 amide bonds. The molecule has 0 aliphatic heterocycles. The van der Waals surface area contributed by atoms with Gasteiger partial charge in [0, 0.05) is 42.5 Å². The number of aryl methyl sites for hydroxylation is 1. The number of anilines is 4. The average molecular weight is 479 g/mol. The van der Waals surface area contributed by atoms with Crippen LogP contribution >= 0.6 is 0 Å². The predicted octanol–water partition coefficient (Wildman–Crippen LogP) is 3.71. The fourth-order valence-corrected chi connectivity index (χ4v) is 3.67. The summed E-state index contributed by atoms with van der Waals surface area (Å²) < 4.78 is 5.61. The van der Waals surface area contributed by atoms with Gasteiger partial charge in [-0.15, -0.1) is 0 Å². The topological polar surface area (TPSA) is 120 Å². The van der Waals surface area contributed by atoms with E-state index in [9.17, 15) is 4.79 Å². The summed E-state index contributed by atoms with van der Waals surface area (Å²) >= 11 is 0. The first kappa shape index (κ1) is 24.5. The van der Waals surface area contributed by atoms with Crippen molar-refractivity contribution in [1.82, 2.24) is 30.4 Å². The van der Waals surface area contributed by atoms with Gasteiger partial charge in [-0.3, -0.25) is 9.89 Å². The molecule has 10 heteroatoms. The lowest BCUT2D eigenvalue weighted by atomic mass is 10.3. The number of ether oxygens (including phenoxy) is 1. The summed E-state index contributed by atoms with van der Waals surface area (Å²) in [6.45, 7) is 9.52. The third-order valence-electron chi connectivity index (χ3n) is 5.84. The lowest BCUT2D eigenvalue weighted by Gasteiger charge is -2.18. The Labute approximate surface area is 205 Å². The van der Waals surface area contributed by atoms with Crippen molar-refractivity contribution in [3.63, 3.8) is 0 Å². The number of H-pyrrole nitrogens is 1. The minimum atomic E-state index is -0.130. The number of nitrogens with zero attached hydrogens (tertiary/aromatic N) is 4. The third kappa shape index (κ3) is 7.41. The molecular weight excluding hydrogens is 444 g/mol. The van der Waals surface area contributed by atoms with Crippen LogP contribution in [0, 0.1) is 6.92 Å². The highest BCUT2D eigenvalue weighted by Gasteiger charge is 2.26. The third-order valence-corrected chi connectivity index (χ3v) is 5.84. The molecule has 4 rings (SSSR count). The number of benzene rings is 1. The SMILES string of the molecule is CCN(CC)CCNC(=O)COc1ccc(Nc2nc(C)cc(Nc3cc(C4CC4)n[nH]3)n2)cc1. The summed E-state index contributed by atoms with van der Waals surface area (Å²) in [4.78, 5) is 23.3. The van der Waals surface area contributed by atoms with E-state index in [1.165, 1.54) is 12.8 Å². The minimum Gasteiger partial charge on any atom is -0.484 e. The van der Waals surface area contributed by atoms with Crippen LogP contribution in [0.3, 0.4) is 0 Å². The smallest absolute Gasteiger partial charge is 0.257 e. The second-order valence-corrected chi connectivity index (χ2v) is 8.64. The number of nitrogens with one attached hydrogen (secondary N) is 4. The maximum absolute atomic E-state index is 12.0. The van der Waals surface area contributed by atoms with Crippen molar-refractivity contribution in [1.29, 1.82) is 0 Å². The zero-order valence-electron chi connectivity index (χ0n) is 20.6. The highest BCUT2D eigenvalue weighted by Crippen LogP contribution is 2.39. The summed E-state index contributed by atoms with van der Waals surface area (Å²) in [5.74, 6) is 3.05. The number of aromatic nitrogens is 4. The molecule has 186 valence electrons. The Morgan fingerprint density at radius 3 is 2.60 bits per heavy atom. The van der Waals surface area contributed by atoms with Crippen molar-refractivity contribution in [2.24, 2.45) is 0 Å². The molecule has 1 saturated carbocycles. The van der Waals surface area contributed by atoms with E-state index >= 15 is 0 Å². The molecular formula is C25H34N8O2. The van der Waals surface area contributed by atoms with Crippen molar-refractivity contribution >= 4 is 29.2 Å². The van der Waals surface area contributed by atoms with E-state index in [2.05, 4.69) is 54.9 Å². The molecule has 1 fully saturated rings. The van der Waals surface area contributed by atoms with E-state index in [0.29, 0.717) is 30.0 Å². The van der Waals surface area contributed by atoms with Crippen LogP contribution in [0.15, 0.2) is 36.4 Å². The number of hydrogen-bond donors (Lipinski definition) is 4. The maximum atomic E-state index is 12.0. The quantitative estimate of drug-likeness (QED) is 0.293. The number of carbonyl (C=O) groups is 1. The van der Waals surface area contributed by atoms with Crippen molar-refractivity contribution < 1.29 is 9.53 Å². The van der Waals surface area contributed by atoms with Gasteiger partial charge < -0.3 is 25.6 Å². The van der Waals surface area contributed by atoms with Crippen molar-refractivity contribution in [3.05, 3.63) is 47.8 Å². The van der Waals surface area contributed by atoms with Crippen molar-refractivity contribution in [3.8, 4) is 5.75 Å². The van der Waals surface area contributed by atoms with Crippen LogP contribution in [0.4, 0.5) is 23.3 Å². The Balaban J connectivity index is 1.26. The maximum Gasteiger partial charge on any atom is 0.257 e. The summed E-state index contributed by atoms with van der Waals surface area (Å²) in [5, 5.41) is 16.8. The van der Waals surface area contributed by atoms with E-state index < -0.39 is 0 Å². The number of amides is 1. The normalized spacial score (nSPS) is 13.0. The monoisotopic (exact) mass is 478 g/mol. The van der Waals surface area contributed by atoms with Crippen molar-refractivity contribution in [2.75, 3.05) is 43.4 Å². The van der Waals surface area contributed by atoms with Crippen LogP contribution in [0.2, 0.25) is 0 Å². The Bertz CT molecular complexity index is 1110. The van der Waals surface area contributed by atoms with E-state index in [1.807, 2.05) is 43.3 Å². The summed E-state index contributed by atoms with van der Waals surface area (Å²) in [5.41, 5.74) is 2.74. The summed E-state index contributed by atoms with van der Waals surface area (Å²) in [6, 6.07) is 11.3. The molecule has 0 unspecified atom stereocenters. The lowest BCUT2D eigenvalue weighted by molar-refractivity contribution is -0.123. The molecule has 0 spiro atoms. The zero-order chi connectivity index (χ0) is 24.6. The van der Waals surface area contributed by atoms with E-state index in [0.717, 1.165) is 42.5 Å². The number of carbonyl (C=O) groups excluding carboxylic acids is 1. The zero-order valence-corrected chi connectivity index (χ0v) is 20.6. The fourth-order valence-electron chi connectivity index (χ4n) is 3.67. The van der Waals surface area contributed by atoms with Gasteiger partial charge >= 0.3 is 0 Å². The van der Waals surface area contributed by atoms with Crippen LogP contribution in [-0.4, -0.2) is 63.8 Å². The molecule has 1 aromatic carbocycles. The van der Waals surface area contributed by atoms with Crippen LogP contribution in [0.5, 0.6) is 5.75 Å². The molecule has 1 aliphatic carbocycles. The van der Waals surface area contributed by atoms with E-state index in [1.54, 1.807) is 0 Å². The van der Waals surface area contributed by atoms with E-state index in [4.69, 9.17) is 4.74 Å². The number of likely N-dealkylation sites (N-methyl/N-ethyl adjacent to an activating group) is 1. The molecule has 0 radical (unpaired) electrons. The molecule has 10 nitrogen and oxygen atoms in total.